The summed E-state index contributed by atoms with van der Waals surface area (Å²) in [6.07, 6.45) is 3.55. The van der Waals surface area contributed by atoms with Crippen LogP contribution in [0, 0.1) is 0 Å². The minimum absolute atomic E-state index is 0.0354. The van der Waals surface area contributed by atoms with Crippen molar-refractivity contribution in [3.63, 3.8) is 0 Å². The summed E-state index contributed by atoms with van der Waals surface area (Å²) in [6, 6.07) is 0.539. The van der Waals surface area contributed by atoms with Crippen LogP contribution in [0.2, 0.25) is 0 Å². The normalized spacial score (nSPS) is 24.1. The molecular formula is C11H20N2O3. The van der Waals surface area contributed by atoms with Gasteiger partial charge in [-0.1, -0.05) is 0 Å². The third-order valence-corrected chi connectivity index (χ3v) is 3.17. The van der Waals surface area contributed by atoms with E-state index in [-0.39, 0.29) is 5.91 Å². The Morgan fingerprint density at radius 3 is 2.69 bits per heavy atom. The van der Waals surface area contributed by atoms with E-state index in [1.807, 2.05) is 0 Å². The molecule has 1 aliphatic heterocycles. The molecule has 16 heavy (non-hydrogen) atoms. The molecular weight excluding hydrogens is 208 g/mol. The van der Waals surface area contributed by atoms with Crippen LogP contribution in [0.15, 0.2) is 0 Å². The maximum atomic E-state index is 11.4. The molecule has 0 radical (unpaired) electrons. The number of carbonyl (C=O) groups is 1. The summed E-state index contributed by atoms with van der Waals surface area (Å²) >= 11 is 0. The Bertz CT molecular complexity index is 248. The zero-order chi connectivity index (χ0) is 11.4. The molecule has 2 fully saturated rings. The Hall–Kier alpha value is -0.650. The van der Waals surface area contributed by atoms with Gasteiger partial charge in [-0.25, -0.2) is 0 Å². The lowest BCUT2D eigenvalue weighted by atomic mass is 9.94. The van der Waals surface area contributed by atoms with Gasteiger partial charge in [0, 0.05) is 38.6 Å². The fourth-order valence-electron chi connectivity index (χ4n) is 1.78. The summed E-state index contributed by atoms with van der Waals surface area (Å²) in [7, 11) is 0. The SMILES string of the molecule is O=C(CNC1CC1)NCC1(O)CCOCC1. The minimum Gasteiger partial charge on any atom is -0.388 e. The molecule has 0 bridgehead atoms. The van der Waals surface area contributed by atoms with Crippen LogP contribution in [0.25, 0.3) is 0 Å². The number of aliphatic hydroxyl groups is 1. The van der Waals surface area contributed by atoms with Crippen molar-refractivity contribution in [2.45, 2.75) is 37.3 Å². The van der Waals surface area contributed by atoms with Crippen LogP contribution in [0.4, 0.5) is 0 Å². The van der Waals surface area contributed by atoms with Gasteiger partial charge in [0.15, 0.2) is 0 Å². The van der Waals surface area contributed by atoms with Gasteiger partial charge in [-0.2, -0.15) is 0 Å². The average Bonchev–Trinajstić information content (AvgIpc) is 3.09. The molecule has 2 rings (SSSR count). The van der Waals surface area contributed by atoms with E-state index >= 15 is 0 Å². The first kappa shape index (κ1) is 11.8. The lowest BCUT2D eigenvalue weighted by Crippen LogP contribution is -2.48. The fourth-order valence-corrected chi connectivity index (χ4v) is 1.78. The molecule has 1 heterocycles. The molecule has 92 valence electrons. The van der Waals surface area contributed by atoms with Gasteiger partial charge in [0.25, 0.3) is 0 Å². The summed E-state index contributed by atoms with van der Waals surface area (Å²) in [5, 5.41) is 16.0. The van der Waals surface area contributed by atoms with Gasteiger partial charge in [-0.3, -0.25) is 4.79 Å². The number of rotatable bonds is 5. The second-order valence-electron chi connectivity index (χ2n) is 4.77. The molecule has 0 aromatic carbocycles. The highest BCUT2D eigenvalue weighted by Gasteiger charge is 2.30. The highest BCUT2D eigenvalue weighted by atomic mass is 16.5. The first-order valence-electron chi connectivity index (χ1n) is 5.98. The Balaban J connectivity index is 1.62. The monoisotopic (exact) mass is 228 g/mol. The van der Waals surface area contributed by atoms with Crippen molar-refractivity contribution in [1.82, 2.24) is 10.6 Å². The van der Waals surface area contributed by atoms with E-state index in [4.69, 9.17) is 4.74 Å². The van der Waals surface area contributed by atoms with Gasteiger partial charge in [-0.15, -0.1) is 0 Å². The van der Waals surface area contributed by atoms with E-state index in [0.717, 1.165) is 0 Å². The van der Waals surface area contributed by atoms with Crippen LogP contribution in [-0.2, 0) is 9.53 Å². The molecule has 5 nitrogen and oxygen atoms in total. The lowest BCUT2D eigenvalue weighted by Gasteiger charge is -2.32. The van der Waals surface area contributed by atoms with Gasteiger partial charge < -0.3 is 20.5 Å². The zero-order valence-electron chi connectivity index (χ0n) is 9.50. The molecule has 1 saturated heterocycles. The van der Waals surface area contributed by atoms with Crippen LogP contribution in [0.5, 0.6) is 0 Å². The molecule has 0 aromatic heterocycles. The van der Waals surface area contributed by atoms with E-state index in [1.54, 1.807) is 0 Å². The van der Waals surface area contributed by atoms with E-state index < -0.39 is 5.60 Å². The second-order valence-corrected chi connectivity index (χ2v) is 4.77. The summed E-state index contributed by atoms with van der Waals surface area (Å²) in [5.41, 5.74) is -0.770. The van der Waals surface area contributed by atoms with Crippen LogP contribution in [0.1, 0.15) is 25.7 Å². The van der Waals surface area contributed by atoms with Gasteiger partial charge >= 0.3 is 0 Å². The molecule has 0 unspecified atom stereocenters. The summed E-state index contributed by atoms with van der Waals surface area (Å²) in [4.78, 5) is 11.4. The Kier molecular flexibility index (Phi) is 3.78. The number of hydrogen-bond acceptors (Lipinski definition) is 4. The predicted octanol–water partition coefficient (Wildman–Crippen LogP) is -0.604. The second kappa shape index (κ2) is 5.12. The molecule has 3 N–H and O–H groups in total. The Morgan fingerprint density at radius 1 is 1.38 bits per heavy atom. The van der Waals surface area contributed by atoms with E-state index in [9.17, 15) is 9.90 Å². The third kappa shape index (κ3) is 3.73. The number of hydrogen-bond donors (Lipinski definition) is 3. The van der Waals surface area contributed by atoms with Gasteiger partial charge in [0.05, 0.1) is 12.1 Å². The van der Waals surface area contributed by atoms with Crippen molar-refractivity contribution in [3.8, 4) is 0 Å². The maximum Gasteiger partial charge on any atom is 0.234 e. The summed E-state index contributed by atoms with van der Waals surface area (Å²) < 4.78 is 5.17. The Labute approximate surface area is 95.5 Å². The summed E-state index contributed by atoms with van der Waals surface area (Å²) in [6.45, 7) is 1.85. The van der Waals surface area contributed by atoms with Crippen molar-refractivity contribution < 1.29 is 14.6 Å². The quantitative estimate of drug-likeness (QED) is 0.587. The van der Waals surface area contributed by atoms with E-state index in [0.29, 0.717) is 45.2 Å². The van der Waals surface area contributed by atoms with Gasteiger partial charge in [0.1, 0.15) is 0 Å². The number of carbonyl (C=O) groups excluding carboxylic acids is 1. The summed E-state index contributed by atoms with van der Waals surface area (Å²) in [5.74, 6) is -0.0354. The first-order chi connectivity index (χ1) is 7.68. The Morgan fingerprint density at radius 2 is 2.06 bits per heavy atom. The van der Waals surface area contributed by atoms with Crippen LogP contribution in [-0.4, -0.2) is 49.0 Å². The van der Waals surface area contributed by atoms with Crippen molar-refractivity contribution in [3.05, 3.63) is 0 Å². The van der Waals surface area contributed by atoms with Crippen LogP contribution >= 0.6 is 0 Å². The standard InChI is InChI=1S/C11H20N2O3/c14-10(7-12-9-1-2-9)13-8-11(15)3-5-16-6-4-11/h9,12,15H,1-8H2,(H,13,14). The van der Waals surface area contributed by atoms with Gasteiger partial charge in [-0.05, 0) is 12.8 Å². The molecule has 2 aliphatic rings. The molecule has 0 aromatic rings. The molecule has 1 aliphatic carbocycles. The highest BCUT2D eigenvalue weighted by Crippen LogP contribution is 2.19. The van der Waals surface area contributed by atoms with E-state index in [2.05, 4.69) is 10.6 Å². The third-order valence-electron chi connectivity index (χ3n) is 3.17. The van der Waals surface area contributed by atoms with Crippen molar-refractivity contribution >= 4 is 5.91 Å². The number of amides is 1. The first-order valence-corrected chi connectivity index (χ1v) is 5.98. The molecule has 1 saturated carbocycles. The molecule has 5 heteroatoms. The van der Waals surface area contributed by atoms with Crippen LogP contribution < -0.4 is 10.6 Å². The molecule has 0 spiro atoms. The zero-order valence-corrected chi connectivity index (χ0v) is 9.50. The van der Waals surface area contributed by atoms with Crippen molar-refractivity contribution in [1.29, 1.82) is 0 Å². The van der Waals surface area contributed by atoms with Crippen molar-refractivity contribution in [2.75, 3.05) is 26.3 Å². The van der Waals surface area contributed by atoms with Crippen molar-refractivity contribution in [2.24, 2.45) is 0 Å². The minimum atomic E-state index is -0.770. The van der Waals surface area contributed by atoms with E-state index in [1.165, 1.54) is 12.8 Å². The topological polar surface area (TPSA) is 70.6 Å². The smallest absolute Gasteiger partial charge is 0.234 e. The predicted molar refractivity (Wildman–Crippen MR) is 59.0 cm³/mol. The molecule has 1 amide bonds. The average molecular weight is 228 g/mol. The highest BCUT2D eigenvalue weighted by molar-refractivity contribution is 5.78. The van der Waals surface area contributed by atoms with Gasteiger partial charge in [0.2, 0.25) is 5.91 Å². The van der Waals surface area contributed by atoms with Crippen LogP contribution in [0.3, 0.4) is 0 Å². The molecule has 0 atom stereocenters. The number of ether oxygens (including phenoxy) is 1. The fraction of sp³-hybridized carbons (Fsp3) is 0.909. The lowest BCUT2D eigenvalue weighted by molar-refractivity contribution is -0.123. The largest absolute Gasteiger partial charge is 0.388 e. The number of nitrogens with one attached hydrogen (secondary N) is 2. The maximum absolute atomic E-state index is 11.4.